The summed E-state index contributed by atoms with van der Waals surface area (Å²) in [7, 11) is 0. The Hall–Kier alpha value is -2.46. The van der Waals surface area contributed by atoms with E-state index >= 15 is 0 Å². The average molecular weight is 441 g/mol. The van der Waals surface area contributed by atoms with Crippen molar-refractivity contribution in [1.82, 2.24) is 10.2 Å². The van der Waals surface area contributed by atoms with E-state index in [1.807, 2.05) is 0 Å². The second kappa shape index (κ2) is 9.99. The fraction of sp³-hybridized carbons (Fsp3) is 0.310. The highest BCUT2D eigenvalue weighted by Gasteiger charge is 2.30. The predicted octanol–water partition coefficient (Wildman–Crippen LogP) is 6.86. The molecule has 1 aliphatic rings. The molecule has 1 saturated heterocycles. The molecule has 0 radical (unpaired) electrons. The van der Waals surface area contributed by atoms with Gasteiger partial charge in [0.25, 0.3) is 0 Å². The van der Waals surface area contributed by atoms with Crippen LogP contribution in [-0.2, 0) is 6.54 Å². The monoisotopic (exact) mass is 440 g/mol. The quantitative estimate of drug-likeness (QED) is 0.338. The summed E-state index contributed by atoms with van der Waals surface area (Å²) >= 11 is 1.80. The van der Waals surface area contributed by atoms with Crippen LogP contribution in [0.2, 0.25) is 0 Å². The highest BCUT2D eigenvalue weighted by atomic mass is 32.1. The number of fused-ring (bicyclic) bond motifs is 1. The predicted molar refractivity (Wildman–Crippen MR) is 137 cm³/mol. The third-order valence-electron chi connectivity index (χ3n) is 7.01. The zero-order valence-electron chi connectivity index (χ0n) is 18.8. The SMILES string of the molecule is C[C@@H](NCC1CN(Cc2ccsc2)CCC1c1ccccc1)c1cccc2ccccc12. The number of likely N-dealkylation sites (tertiary alicyclic amines) is 1. The van der Waals surface area contributed by atoms with Crippen LogP contribution in [0.5, 0.6) is 0 Å². The number of thiophene rings is 1. The molecule has 3 aromatic carbocycles. The minimum atomic E-state index is 0.324. The van der Waals surface area contributed by atoms with E-state index in [0.29, 0.717) is 17.9 Å². The van der Waals surface area contributed by atoms with Gasteiger partial charge in [-0.2, -0.15) is 11.3 Å². The molecule has 3 heteroatoms. The molecule has 3 atom stereocenters. The molecule has 0 amide bonds. The first-order chi connectivity index (χ1) is 15.8. The molecule has 0 bridgehead atoms. The summed E-state index contributed by atoms with van der Waals surface area (Å²) in [5, 5.41) is 11.1. The van der Waals surface area contributed by atoms with Crippen molar-refractivity contribution in [3.8, 4) is 0 Å². The Morgan fingerprint density at radius 3 is 2.62 bits per heavy atom. The number of hydrogen-bond donors (Lipinski definition) is 1. The highest BCUT2D eigenvalue weighted by Crippen LogP contribution is 2.34. The number of piperidine rings is 1. The van der Waals surface area contributed by atoms with Crippen molar-refractivity contribution in [1.29, 1.82) is 0 Å². The van der Waals surface area contributed by atoms with Gasteiger partial charge in [-0.1, -0.05) is 72.8 Å². The minimum Gasteiger partial charge on any atom is -0.310 e. The van der Waals surface area contributed by atoms with E-state index in [2.05, 4.69) is 107 Å². The summed E-state index contributed by atoms with van der Waals surface area (Å²) in [5.74, 6) is 1.21. The molecule has 5 rings (SSSR count). The van der Waals surface area contributed by atoms with Gasteiger partial charge in [0.15, 0.2) is 0 Å². The molecule has 1 fully saturated rings. The Balaban J connectivity index is 1.32. The summed E-state index contributed by atoms with van der Waals surface area (Å²) in [5.41, 5.74) is 4.33. The first-order valence-corrected chi connectivity index (χ1v) is 12.7. The number of nitrogens with zero attached hydrogens (tertiary/aromatic N) is 1. The summed E-state index contributed by atoms with van der Waals surface area (Å²) in [6, 6.07) is 29.1. The largest absolute Gasteiger partial charge is 0.310 e. The van der Waals surface area contributed by atoms with Gasteiger partial charge in [-0.3, -0.25) is 4.90 Å². The summed E-state index contributed by atoms with van der Waals surface area (Å²) < 4.78 is 0. The Morgan fingerprint density at radius 1 is 0.969 bits per heavy atom. The van der Waals surface area contributed by atoms with Gasteiger partial charge in [0.1, 0.15) is 0 Å². The molecule has 4 aromatic rings. The van der Waals surface area contributed by atoms with Crippen LogP contribution in [0.4, 0.5) is 0 Å². The molecular formula is C29H32N2S. The Kier molecular flexibility index (Phi) is 6.68. The van der Waals surface area contributed by atoms with Crippen LogP contribution in [0, 0.1) is 5.92 Å². The van der Waals surface area contributed by atoms with Crippen LogP contribution in [0.1, 0.15) is 42.0 Å². The van der Waals surface area contributed by atoms with Gasteiger partial charge in [0, 0.05) is 25.7 Å². The van der Waals surface area contributed by atoms with Crippen molar-refractivity contribution < 1.29 is 0 Å². The smallest absolute Gasteiger partial charge is 0.0298 e. The fourth-order valence-corrected chi connectivity index (χ4v) is 5.96. The molecule has 1 aromatic heterocycles. The van der Waals surface area contributed by atoms with E-state index in [-0.39, 0.29) is 0 Å². The van der Waals surface area contributed by atoms with Gasteiger partial charge in [0.2, 0.25) is 0 Å². The summed E-state index contributed by atoms with van der Waals surface area (Å²) in [6.45, 7) is 6.73. The van der Waals surface area contributed by atoms with Crippen molar-refractivity contribution in [2.75, 3.05) is 19.6 Å². The van der Waals surface area contributed by atoms with Crippen LogP contribution in [0.25, 0.3) is 10.8 Å². The second-order valence-corrected chi connectivity index (χ2v) is 9.91. The van der Waals surface area contributed by atoms with Crippen LogP contribution < -0.4 is 5.32 Å². The average Bonchev–Trinajstić information content (AvgIpc) is 3.36. The van der Waals surface area contributed by atoms with Crippen molar-refractivity contribution in [2.24, 2.45) is 5.92 Å². The number of rotatable bonds is 7. The number of benzene rings is 3. The van der Waals surface area contributed by atoms with E-state index in [1.54, 1.807) is 11.3 Å². The number of hydrogen-bond acceptors (Lipinski definition) is 3. The molecule has 164 valence electrons. The van der Waals surface area contributed by atoms with Crippen LogP contribution in [0.15, 0.2) is 89.6 Å². The topological polar surface area (TPSA) is 15.3 Å². The van der Waals surface area contributed by atoms with Gasteiger partial charge in [-0.25, -0.2) is 0 Å². The number of nitrogens with one attached hydrogen (secondary N) is 1. The highest BCUT2D eigenvalue weighted by molar-refractivity contribution is 7.07. The van der Waals surface area contributed by atoms with Gasteiger partial charge in [-0.15, -0.1) is 0 Å². The van der Waals surface area contributed by atoms with Gasteiger partial charge in [-0.05, 0) is 76.0 Å². The Labute approximate surface area is 195 Å². The maximum Gasteiger partial charge on any atom is 0.0298 e. The molecule has 2 unspecified atom stereocenters. The molecule has 1 N–H and O–H groups in total. The zero-order valence-corrected chi connectivity index (χ0v) is 19.6. The van der Waals surface area contributed by atoms with E-state index in [9.17, 15) is 0 Å². The van der Waals surface area contributed by atoms with Crippen molar-refractivity contribution in [3.05, 3.63) is 106 Å². The van der Waals surface area contributed by atoms with Crippen molar-refractivity contribution in [2.45, 2.75) is 31.8 Å². The molecule has 2 heterocycles. The minimum absolute atomic E-state index is 0.324. The van der Waals surface area contributed by atoms with E-state index < -0.39 is 0 Å². The summed E-state index contributed by atoms with van der Waals surface area (Å²) in [4.78, 5) is 2.65. The maximum absolute atomic E-state index is 3.92. The molecule has 0 saturated carbocycles. The van der Waals surface area contributed by atoms with Crippen LogP contribution >= 0.6 is 11.3 Å². The van der Waals surface area contributed by atoms with Crippen LogP contribution in [0.3, 0.4) is 0 Å². The van der Waals surface area contributed by atoms with Gasteiger partial charge < -0.3 is 5.32 Å². The van der Waals surface area contributed by atoms with Gasteiger partial charge >= 0.3 is 0 Å². The van der Waals surface area contributed by atoms with E-state index in [1.165, 1.54) is 40.4 Å². The molecule has 32 heavy (non-hydrogen) atoms. The maximum atomic E-state index is 3.92. The van der Waals surface area contributed by atoms with Crippen molar-refractivity contribution >= 4 is 22.1 Å². The van der Waals surface area contributed by atoms with Crippen molar-refractivity contribution in [3.63, 3.8) is 0 Å². The Bertz CT molecular complexity index is 1120. The van der Waals surface area contributed by atoms with Gasteiger partial charge in [0.05, 0.1) is 0 Å². The second-order valence-electron chi connectivity index (χ2n) is 9.13. The molecule has 2 nitrogen and oxygen atoms in total. The lowest BCUT2D eigenvalue weighted by molar-refractivity contribution is 0.143. The first-order valence-electron chi connectivity index (χ1n) is 11.8. The zero-order chi connectivity index (χ0) is 21.8. The summed E-state index contributed by atoms with van der Waals surface area (Å²) in [6.07, 6.45) is 1.23. The third kappa shape index (κ3) is 4.80. The molecule has 1 aliphatic heterocycles. The first kappa shape index (κ1) is 21.4. The fourth-order valence-electron chi connectivity index (χ4n) is 5.30. The standard InChI is InChI=1S/C29H32N2S/c1-22(27-13-7-11-25-10-5-6-12-29(25)27)30-18-26-20-31(19-23-15-17-32-21-23)16-14-28(26)24-8-3-2-4-9-24/h2-13,15,17,21-22,26,28,30H,14,16,18-20H2,1H3/t22-,26?,28?/m1/s1. The molecule has 0 aliphatic carbocycles. The molecular weight excluding hydrogens is 408 g/mol. The lowest BCUT2D eigenvalue weighted by Crippen LogP contribution is -2.43. The lowest BCUT2D eigenvalue weighted by atomic mass is 9.80. The lowest BCUT2D eigenvalue weighted by Gasteiger charge is -2.39. The normalized spacial score (nSPS) is 20.4. The molecule has 0 spiro atoms. The van der Waals surface area contributed by atoms with E-state index in [0.717, 1.165) is 19.6 Å². The van der Waals surface area contributed by atoms with Crippen LogP contribution in [-0.4, -0.2) is 24.5 Å². The Morgan fingerprint density at radius 2 is 1.78 bits per heavy atom. The third-order valence-corrected chi connectivity index (χ3v) is 7.74. The van der Waals surface area contributed by atoms with E-state index in [4.69, 9.17) is 0 Å².